The van der Waals surface area contributed by atoms with E-state index in [2.05, 4.69) is 29.6 Å². The number of carbonyl (C=O) groups excluding carboxylic acids is 1. The van der Waals surface area contributed by atoms with Crippen molar-refractivity contribution >= 4 is 17.4 Å². The Morgan fingerprint density at radius 1 is 1.24 bits per heavy atom. The van der Waals surface area contributed by atoms with E-state index in [9.17, 15) is 4.79 Å². The number of aryl methyl sites for hydroxylation is 3. The number of hydrogen-bond acceptors (Lipinski definition) is 4. The number of nitrogens with one attached hydrogen (secondary N) is 2. The normalized spacial score (nSPS) is 12.0. The topological polar surface area (TPSA) is 67.2 Å². The van der Waals surface area contributed by atoms with Crippen molar-refractivity contribution in [1.29, 1.82) is 0 Å². The highest BCUT2D eigenvalue weighted by Crippen LogP contribution is 2.16. The molecule has 1 heterocycles. The summed E-state index contributed by atoms with van der Waals surface area (Å²) in [5.41, 5.74) is 3.37. The van der Waals surface area contributed by atoms with E-state index in [-0.39, 0.29) is 11.9 Å². The summed E-state index contributed by atoms with van der Waals surface area (Å²) in [4.78, 5) is 12.3. The molecule has 21 heavy (non-hydrogen) atoms. The minimum absolute atomic E-state index is 0.121. The first-order valence-corrected chi connectivity index (χ1v) is 7.07. The zero-order chi connectivity index (χ0) is 15.4. The van der Waals surface area contributed by atoms with Crippen molar-refractivity contribution in [2.75, 3.05) is 10.6 Å². The van der Waals surface area contributed by atoms with Crippen LogP contribution in [0.5, 0.6) is 0 Å². The van der Waals surface area contributed by atoms with E-state index in [0.717, 1.165) is 5.69 Å². The number of anilines is 2. The van der Waals surface area contributed by atoms with Gasteiger partial charge in [-0.05, 0) is 50.5 Å². The van der Waals surface area contributed by atoms with Crippen molar-refractivity contribution in [3.63, 3.8) is 0 Å². The Bertz CT molecular complexity index is 634. The van der Waals surface area contributed by atoms with Crippen molar-refractivity contribution in [2.45, 2.75) is 40.2 Å². The van der Waals surface area contributed by atoms with Gasteiger partial charge in [-0.3, -0.25) is 4.79 Å². The van der Waals surface area contributed by atoms with Gasteiger partial charge >= 0.3 is 0 Å². The maximum Gasteiger partial charge on any atom is 0.248 e. The minimum atomic E-state index is -0.316. The van der Waals surface area contributed by atoms with Crippen molar-refractivity contribution in [1.82, 2.24) is 5.16 Å². The third-order valence-corrected chi connectivity index (χ3v) is 3.45. The lowest BCUT2D eigenvalue weighted by molar-refractivity contribution is -0.117. The Kier molecular flexibility index (Phi) is 4.62. The van der Waals surface area contributed by atoms with Gasteiger partial charge in [0, 0.05) is 11.8 Å². The lowest BCUT2D eigenvalue weighted by Gasteiger charge is -2.17. The average molecular weight is 287 g/mol. The average Bonchev–Trinajstić information content (AvgIpc) is 2.85. The molecule has 0 aliphatic rings. The van der Waals surface area contributed by atoms with Crippen molar-refractivity contribution in [2.24, 2.45) is 0 Å². The van der Waals surface area contributed by atoms with Crippen molar-refractivity contribution in [3.05, 3.63) is 41.2 Å². The Morgan fingerprint density at radius 2 is 2.00 bits per heavy atom. The third kappa shape index (κ3) is 3.84. The molecule has 2 N–H and O–H groups in total. The van der Waals surface area contributed by atoms with Gasteiger partial charge in [0.25, 0.3) is 0 Å². The first-order chi connectivity index (χ1) is 9.99. The number of rotatable bonds is 5. The van der Waals surface area contributed by atoms with Crippen LogP contribution in [-0.4, -0.2) is 17.1 Å². The van der Waals surface area contributed by atoms with Gasteiger partial charge in [0.15, 0.2) is 5.82 Å². The number of carbonyl (C=O) groups is 1. The van der Waals surface area contributed by atoms with Gasteiger partial charge in [-0.2, -0.15) is 0 Å². The summed E-state index contributed by atoms with van der Waals surface area (Å²) >= 11 is 0. The van der Waals surface area contributed by atoms with Crippen LogP contribution in [0.3, 0.4) is 0 Å². The molecule has 0 radical (unpaired) electrons. The summed E-state index contributed by atoms with van der Waals surface area (Å²) in [5, 5.41) is 9.78. The van der Waals surface area contributed by atoms with Gasteiger partial charge in [-0.15, -0.1) is 0 Å². The summed E-state index contributed by atoms with van der Waals surface area (Å²) in [5.74, 6) is 0.988. The van der Waals surface area contributed by atoms with Crippen LogP contribution in [0, 0.1) is 20.8 Å². The smallest absolute Gasteiger partial charge is 0.248 e. The molecular formula is C16H21N3O2. The molecule has 0 bridgehead atoms. The molecule has 5 heteroatoms. The van der Waals surface area contributed by atoms with Gasteiger partial charge in [-0.1, -0.05) is 18.1 Å². The monoisotopic (exact) mass is 287 g/mol. The molecule has 1 aromatic heterocycles. The van der Waals surface area contributed by atoms with Crippen LogP contribution in [-0.2, 0) is 4.79 Å². The zero-order valence-corrected chi connectivity index (χ0v) is 12.9. The van der Waals surface area contributed by atoms with Gasteiger partial charge in [0.1, 0.15) is 11.8 Å². The Hall–Kier alpha value is -2.30. The molecule has 0 saturated heterocycles. The number of benzene rings is 1. The van der Waals surface area contributed by atoms with Crippen LogP contribution in [0.4, 0.5) is 11.5 Å². The van der Waals surface area contributed by atoms with Gasteiger partial charge < -0.3 is 15.2 Å². The highest BCUT2D eigenvalue weighted by Gasteiger charge is 2.17. The molecule has 5 nitrogen and oxygen atoms in total. The number of aromatic nitrogens is 1. The SMILES string of the molecule is CC[C@H](Nc1ccc(C)c(C)c1)C(=O)Nc1cc(C)on1. The summed E-state index contributed by atoms with van der Waals surface area (Å²) in [6.45, 7) is 7.87. The highest BCUT2D eigenvalue weighted by atomic mass is 16.5. The standard InChI is InChI=1S/C16H21N3O2/c1-5-14(16(20)18-15-9-12(4)21-19-15)17-13-7-6-10(2)11(3)8-13/h6-9,14,17H,5H2,1-4H3,(H,18,19,20)/t14-/m0/s1. The molecule has 1 amide bonds. The van der Waals surface area contributed by atoms with Crippen molar-refractivity contribution < 1.29 is 9.32 Å². The fourth-order valence-electron chi connectivity index (χ4n) is 2.02. The molecule has 0 unspecified atom stereocenters. The summed E-state index contributed by atoms with van der Waals surface area (Å²) < 4.78 is 4.94. The van der Waals surface area contributed by atoms with E-state index in [4.69, 9.17) is 4.52 Å². The molecule has 2 rings (SSSR count). The molecule has 1 aromatic carbocycles. The molecule has 1 atom stereocenters. The third-order valence-electron chi connectivity index (χ3n) is 3.45. The molecule has 112 valence electrons. The van der Waals surface area contributed by atoms with Crippen LogP contribution < -0.4 is 10.6 Å². The van der Waals surface area contributed by atoms with E-state index in [1.165, 1.54) is 11.1 Å². The van der Waals surface area contributed by atoms with E-state index >= 15 is 0 Å². The summed E-state index contributed by atoms with van der Waals surface area (Å²) in [7, 11) is 0. The number of amides is 1. The van der Waals surface area contributed by atoms with Crippen LogP contribution in [0.15, 0.2) is 28.8 Å². The zero-order valence-electron chi connectivity index (χ0n) is 12.9. The van der Waals surface area contributed by atoms with Crippen LogP contribution >= 0.6 is 0 Å². The van der Waals surface area contributed by atoms with Crippen molar-refractivity contribution in [3.8, 4) is 0 Å². The molecule has 2 aromatic rings. The van der Waals surface area contributed by atoms with Crippen LogP contribution in [0.1, 0.15) is 30.2 Å². The largest absolute Gasteiger partial charge is 0.374 e. The van der Waals surface area contributed by atoms with E-state index in [1.54, 1.807) is 13.0 Å². The second-order valence-corrected chi connectivity index (χ2v) is 5.22. The van der Waals surface area contributed by atoms with Gasteiger partial charge in [-0.25, -0.2) is 0 Å². The number of nitrogens with zero attached hydrogens (tertiary/aromatic N) is 1. The Morgan fingerprint density at radius 3 is 2.57 bits per heavy atom. The fraction of sp³-hybridized carbons (Fsp3) is 0.375. The van der Waals surface area contributed by atoms with E-state index in [1.807, 2.05) is 25.1 Å². The minimum Gasteiger partial charge on any atom is -0.374 e. The molecule has 0 saturated carbocycles. The Balaban J connectivity index is 2.04. The molecule has 0 aliphatic carbocycles. The molecule has 0 aliphatic heterocycles. The van der Waals surface area contributed by atoms with Crippen LogP contribution in [0.2, 0.25) is 0 Å². The lowest BCUT2D eigenvalue weighted by Crippen LogP contribution is -2.34. The summed E-state index contributed by atoms with van der Waals surface area (Å²) in [6.07, 6.45) is 0.676. The van der Waals surface area contributed by atoms with E-state index in [0.29, 0.717) is 18.0 Å². The predicted octanol–water partition coefficient (Wildman–Crippen LogP) is 3.43. The highest BCUT2D eigenvalue weighted by molar-refractivity contribution is 5.95. The lowest BCUT2D eigenvalue weighted by atomic mass is 10.1. The predicted molar refractivity (Wildman–Crippen MR) is 83.5 cm³/mol. The van der Waals surface area contributed by atoms with Crippen LogP contribution in [0.25, 0.3) is 0 Å². The molecular weight excluding hydrogens is 266 g/mol. The second kappa shape index (κ2) is 6.43. The maximum absolute atomic E-state index is 12.3. The molecule has 0 spiro atoms. The fourth-order valence-corrected chi connectivity index (χ4v) is 2.02. The molecule has 0 fully saturated rings. The van der Waals surface area contributed by atoms with E-state index < -0.39 is 0 Å². The first kappa shape index (κ1) is 15.1. The summed E-state index contributed by atoms with van der Waals surface area (Å²) in [6, 6.07) is 7.46. The maximum atomic E-state index is 12.3. The first-order valence-electron chi connectivity index (χ1n) is 7.07. The van der Waals surface area contributed by atoms with Gasteiger partial charge in [0.2, 0.25) is 5.91 Å². The van der Waals surface area contributed by atoms with Gasteiger partial charge in [0.05, 0.1) is 0 Å². The second-order valence-electron chi connectivity index (χ2n) is 5.22. The number of hydrogen-bond donors (Lipinski definition) is 2. The Labute approximate surface area is 124 Å². The quantitative estimate of drug-likeness (QED) is 0.884.